The molecule has 6 aromatic rings. The van der Waals surface area contributed by atoms with Crippen molar-refractivity contribution in [3.8, 4) is 0 Å². The highest BCUT2D eigenvalue weighted by atomic mass is 32.2. The first kappa shape index (κ1) is 43.8. The van der Waals surface area contributed by atoms with Crippen molar-refractivity contribution in [2.75, 3.05) is 83.3 Å². The van der Waals surface area contributed by atoms with Crippen LogP contribution in [-0.4, -0.2) is 108 Å². The van der Waals surface area contributed by atoms with Gasteiger partial charge in [-0.25, -0.2) is 20.0 Å². The molecule has 2 aliphatic rings. The van der Waals surface area contributed by atoms with E-state index in [2.05, 4.69) is 40.8 Å². The number of anilines is 8. The van der Waals surface area contributed by atoms with E-state index >= 15 is 0 Å². The molecule has 2 aromatic heterocycles. The molecule has 0 bridgehead atoms. The lowest BCUT2D eigenvalue weighted by Crippen LogP contribution is -2.38. The summed E-state index contributed by atoms with van der Waals surface area (Å²) >= 11 is 0. The third-order valence-corrected chi connectivity index (χ3v) is 12.0. The molecule has 4 heterocycles. The maximum absolute atomic E-state index is 13.1. The zero-order valence-electron chi connectivity index (χ0n) is 34.7. The van der Waals surface area contributed by atoms with E-state index in [0.29, 0.717) is 75.9 Å². The topological polar surface area (TPSA) is 242 Å². The molecular formula is C42H44N12O8S2. The molecule has 4 aromatic carbocycles. The van der Waals surface area contributed by atoms with E-state index in [1.54, 1.807) is 12.1 Å². The highest BCUT2D eigenvalue weighted by Crippen LogP contribution is 2.33. The van der Waals surface area contributed by atoms with Crippen molar-refractivity contribution in [1.82, 2.24) is 29.9 Å². The van der Waals surface area contributed by atoms with Gasteiger partial charge in [0, 0.05) is 26.2 Å². The maximum atomic E-state index is 13.1. The SMILES string of the molecule is Cc1ccc(NN(c2ccc(C=Cc3ccc(N(Nc4ccc(C)cc4)c4ncnc(N5CCOCC5)n4)cc3S(=O)(=O)O)c(S(=O)(=O)O)c2)c2ncnc(N3CCOCC3)n2)cc1. The molecule has 0 saturated carbocycles. The lowest BCUT2D eigenvalue weighted by atomic mass is 10.1. The number of nitrogens with zero attached hydrogens (tertiary/aromatic N) is 10. The van der Waals surface area contributed by atoms with Crippen LogP contribution in [0.3, 0.4) is 0 Å². The van der Waals surface area contributed by atoms with Crippen molar-refractivity contribution in [2.45, 2.75) is 23.6 Å². The Kier molecular flexibility index (Phi) is 12.9. The first-order chi connectivity index (χ1) is 30.8. The van der Waals surface area contributed by atoms with Crippen molar-refractivity contribution in [3.05, 3.63) is 120 Å². The Morgan fingerprint density at radius 1 is 0.562 bits per heavy atom. The number of hydrazine groups is 2. The molecule has 0 aliphatic carbocycles. The van der Waals surface area contributed by atoms with E-state index < -0.39 is 30.0 Å². The highest BCUT2D eigenvalue weighted by molar-refractivity contribution is 7.86. The van der Waals surface area contributed by atoms with Crippen LogP contribution in [0.1, 0.15) is 22.3 Å². The number of ether oxygens (including phenoxy) is 2. The molecule has 0 spiro atoms. The monoisotopic (exact) mass is 908 g/mol. The van der Waals surface area contributed by atoms with Crippen molar-refractivity contribution < 1.29 is 35.4 Å². The Balaban J connectivity index is 1.16. The molecule has 0 radical (unpaired) electrons. The van der Waals surface area contributed by atoms with Crippen LogP contribution in [0.4, 0.5) is 46.5 Å². The van der Waals surface area contributed by atoms with Crippen LogP contribution in [0, 0.1) is 13.8 Å². The van der Waals surface area contributed by atoms with Crippen LogP contribution in [0.2, 0.25) is 0 Å². The lowest BCUT2D eigenvalue weighted by molar-refractivity contribution is 0.122. The second-order valence-electron chi connectivity index (χ2n) is 14.7. The van der Waals surface area contributed by atoms with Gasteiger partial charge in [0.05, 0.1) is 49.2 Å². The fourth-order valence-corrected chi connectivity index (χ4v) is 8.21. The highest BCUT2D eigenvalue weighted by Gasteiger charge is 2.25. The van der Waals surface area contributed by atoms with Crippen LogP contribution in [0.5, 0.6) is 0 Å². The summed E-state index contributed by atoms with van der Waals surface area (Å²) in [6, 6.07) is 23.4. The van der Waals surface area contributed by atoms with Gasteiger partial charge in [-0.15, -0.1) is 0 Å². The number of aryl methyl sites for hydroxylation is 2. The molecular weight excluding hydrogens is 865 g/mol. The van der Waals surface area contributed by atoms with E-state index in [1.165, 1.54) is 59.1 Å². The molecule has 2 aliphatic heterocycles. The fraction of sp³-hybridized carbons (Fsp3) is 0.238. The van der Waals surface area contributed by atoms with Gasteiger partial charge in [-0.05, 0) is 73.5 Å². The summed E-state index contributed by atoms with van der Waals surface area (Å²) in [5.74, 6) is 1.03. The second kappa shape index (κ2) is 18.9. The summed E-state index contributed by atoms with van der Waals surface area (Å²) in [6.45, 7) is 8.10. The number of hydrogen-bond donors (Lipinski definition) is 4. The van der Waals surface area contributed by atoms with Crippen molar-refractivity contribution in [2.24, 2.45) is 0 Å². The van der Waals surface area contributed by atoms with Crippen LogP contribution >= 0.6 is 0 Å². The Bertz CT molecular complexity index is 2670. The van der Waals surface area contributed by atoms with Gasteiger partial charge < -0.3 is 19.3 Å². The van der Waals surface area contributed by atoms with Crippen LogP contribution in [0.25, 0.3) is 12.2 Å². The Morgan fingerprint density at radius 2 is 0.938 bits per heavy atom. The van der Waals surface area contributed by atoms with E-state index in [0.717, 1.165) is 11.1 Å². The van der Waals surface area contributed by atoms with Gasteiger partial charge in [0.2, 0.25) is 11.9 Å². The van der Waals surface area contributed by atoms with E-state index in [9.17, 15) is 25.9 Å². The number of nitrogens with one attached hydrogen (secondary N) is 2. The van der Waals surface area contributed by atoms with Crippen molar-refractivity contribution >= 4 is 78.9 Å². The average molecular weight is 909 g/mol. The minimum atomic E-state index is -4.90. The molecule has 64 heavy (non-hydrogen) atoms. The predicted octanol–water partition coefficient (Wildman–Crippen LogP) is 5.34. The van der Waals surface area contributed by atoms with E-state index in [4.69, 9.17) is 9.47 Å². The summed E-state index contributed by atoms with van der Waals surface area (Å²) < 4.78 is 84.3. The average Bonchev–Trinajstić information content (AvgIpc) is 3.30. The standard InChI is InChI=1S/C42H44N12O8S2/c1-29-3-11-33(12-4-29)49-53(41-45-27-43-39(47-41)51-17-21-61-22-18-51)35-15-9-31(37(25-35)63(55,56)57)7-8-32-10-16-36(26-38(32)64(58,59)60)54(50-34-13-5-30(2)6-14-34)42-46-28-44-40(48-42)52-19-23-62-24-20-52/h3-16,25-28,49-50H,17-24H2,1-2H3,(H,55,56,57)(H,58,59,60). The fourth-order valence-electron chi connectivity index (χ4n) is 6.81. The van der Waals surface area contributed by atoms with Crippen LogP contribution < -0.4 is 30.7 Å². The molecule has 0 unspecified atom stereocenters. The summed E-state index contributed by atoms with van der Waals surface area (Å²) in [5.41, 5.74) is 10.2. The summed E-state index contributed by atoms with van der Waals surface area (Å²) in [4.78, 5) is 29.7. The third-order valence-electron chi connectivity index (χ3n) is 10.2. The molecule has 4 N–H and O–H groups in total. The van der Waals surface area contributed by atoms with Crippen molar-refractivity contribution in [1.29, 1.82) is 0 Å². The minimum absolute atomic E-state index is 0.0000413. The number of rotatable bonds is 14. The second-order valence-corrected chi connectivity index (χ2v) is 17.5. The molecule has 8 rings (SSSR count). The Morgan fingerprint density at radius 3 is 1.30 bits per heavy atom. The minimum Gasteiger partial charge on any atom is -0.378 e. The lowest BCUT2D eigenvalue weighted by Gasteiger charge is -2.29. The number of hydrogen-bond acceptors (Lipinski definition) is 18. The molecule has 332 valence electrons. The van der Waals surface area contributed by atoms with Crippen LogP contribution in [0.15, 0.2) is 107 Å². The normalized spacial score (nSPS) is 14.7. The van der Waals surface area contributed by atoms with Gasteiger partial charge >= 0.3 is 0 Å². The van der Waals surface area contributed by atoms with Crippen LogP contribution in [-0.2, 0) is 29.7 Å². The molecule has 2 saturated heterocycles. The van der Waals surface area contributed by atoms with Crippen molar-refractivity contribution in [3.63, 3.8) is 0 Å². The smallest absolute Gasteiger partial charge is 0.295 e. The molecule has 0 amide bonds. The van der Waals surface area contributed by atoms with Gasteiger partial charge in [-0.1, -0.05) is 59.7 Å². The third kappa shape index (κ3) is 10.5. The van der Waals surface area contributed by atoms with Gasteiger partial charge in [-0.3, -0.25) is 20.0 Å². The van der Waals surface area contributed by atoms with Gasteiger partial charge in [0.1, 0.15) is 22.4 Å². The Hall–Kier alpha value is -6.82. The van der Waals surface area contributed by atoms with E-state index in [1.807, 2.05) is 72.2 Å². The molecule has 22 heteroatoms. The Labute approximate surface area is 369 Å². The van der Waals surface area contributed by atoms with Gasteiger partial charge in [0.15, 0.2) is 0 Å². The summed E-state index contributed by atoms with van der Waals surface area (Å²) in [5, 5.41) is 2.92. The summed E-state index contributed by atoms with van der Waals surface area (Å²) in [6.07, 6.45) is 5.33. The first-order valence-corrected chi connectivity index (χ1v) is 22.9. The largest absolute Gasteiger partial charge is 0.378 e. The zero-order chi connectivity index (χ0) is 44.8. The molecule has 20 nitrogen and oxygen atoms in total. The van der Waals surface area contributed by atoms with Gasteiger partial charge in [0.25, 0.3) is 32.1 Å². The van der Waals surface area contributed by atoms with Gasteiger partial charge in [-0.2, -0.15) is 36.8 Å². The number of aromatic nitrogens is 6. The molecule has 0 atom stereocenters. The number of benzene rings is 4. The predicted molar refractivity (Wildman–Crippen MR) is 241 cm³/mol. The first-order valence-electron chi connectivity index (χ1n) is 20.0. The maximum Gasteiger partial charge on any atom is 0.295 e. The molecule has 2 fully saturated rings. The quantitative estimate of drug-likeness (QED) is 0.0612. The van der Waals surface area contributed by atoms with E-state index in [-0.39, 0.29) is 34.4 Å². The summed E-state index contributed by atoms with van der Waals surface area (Å²) in [7, 11) is -9.81. The zero-order valence-corrected chi connectivity index (χ0v) is 36.3. The number of morpholine rings is 2.